The van der Waals surface area contributed by atoms with E-state index in [2.05, 4.69) is 17.2 Å². The molecule has 2 atom stereocenters. The molecule has 2 aliphatic rings. The van der Waals surface area contributed by atoms with Gasteiger partial charge in [-0.05, 0) is 42.7 Å². The van der Waals surface area contributed by atoms with E-state index in [0.717, 1.165) is 5.56 Å². The van der Waals surface area contributed by atoms with Crippen LogP contribution in [0.25, 0.3) is 0 Å². The number of piperidine rings is 1. The molecule has 0 saturated carbocycles. The number of ether oxygens (including phenoxy) is 1. The van der Waals surface area contributed by atoms with E-state index in [4.69, 9.17) is 4.74 Å². The zero-order valence-corrected chi connectivity index (χ0v) is 19.1. The highest BCUT2D eigenvalue weighted by Crippen LogP contribution is 2.29. The summed E-state index contributed by atoms with van der Waals surface area (Å²) in [6.45, 7) is 1.98. The molecule has 2 N–H and O–H groups in total. The van der Waals surface area contributed by atoms with Gasteiger partial charge in [-0.3, -0.25) is 24.4 Å². The summed E-state index contributed by atoms with van der Waals surface area (Å²) in [5.74, 6) is 5.04. The van der Waals surface area contributed by atoms with Crippen LogP contribution in [0.5, 0.6) is 0 Å². The molecule has 0 aliphatic carbocycles. The summed E-state index contributed by atoms with van der Waals surface area (Å²) in [7, 11) is -4.36. The Bertz CT molecular complexity index is 1340. The van der Waals surface area contributed by atoms with Crippen molar-refractivity contribution in [3.8, 4) is 11.8 Å². The third kappa shape index (κ3) is 5.11. The highest BCUT2D eigenvalue weighted by Gasteiger charge is 2.41. The Morgan fingerprint density at radius 1 is 1.18 bits per heavy atom. The first-order valence-corrected chi connectivity index (χ1v) is 12.0. The van der Waals surface area contributed by atoms with Crippen molar-refractivity contribution in [1.82, 2.24) is 10.2 Å². The van der Waals surface area contributed by atoms with Crippen LogP contribution in [0, 0.1) is 18.8 Å². The summed E-state index contributed by atoms with van der Waals surface area (Å²) in [5, 5.41) is 2.24. The van der Waals surface area contributed by atoms with Crippen LogP contribution in [-0.2, 0) is 30.9 Å². The second-order valence-electron chi connectivity index (χ2n) is 8.18. The molecule has 1 unspecified atom stereocenters. The summed E-state index contributed by atoms with van der Waals surface area (Å²) >= 11 is 0. The number of carbonyl (C=O) groups excluding carboxylic acids is 3. The van der Waals surface area contributed by atoms with Crippen molar-refractivity contribution >= 4 is 28.0 Å². The van der Waals surface area contributed by atoms with E-state index in [1.165, 1.54) is 11.0 Å². The average molecular weight is 483 g/mol. The maximum absolute atomic E-state index is 12.4. The predicted octanol–water partition coefficient (Wildman–Crippen LogP) is 2.13. The molecule has 9 nitrogen and oxygen atoms in total. The molecular formula is C24H22N2O7S. The van der Waals surface area contributed by atoms with Crippen LogP contribution in [0.3, 0.4) is 0 Å². The number of amides is 3. The average Bonchev–Trinajstić information content (AvgIpc) is 3.14. The SMILES string of the molecule is Cc1ccc(S(=O)(=O)O)c(CC#Cc2cccc([C@H]3CN(C4CCC(=O)NC4=O)C(=O)O3)c2)c1. The smallest absolute Gasteiger partial charge is 0.411 e. The maximum Gasteiger partial charge on any atom is 0.411 e. The molecule has 0 radical (unpaired) electrons. The number of hydrogen-bond acceptors (Lipinski definition) is 6. The van der Waals surface area contributed by atoms with E-state index in [-0.39, 0.29) is 36.6 Å². The number of benzene rings is 2. The minimum absolute atomic E-state index is 0.114. The molecule has 4 rings (SSSR count). The van der Waals surface area contributed by atoms with Gasteiger partial charge < -0.3 is 4.74 Å². The summed E-state index contributed by atoms with van der Waals surface area (Å²) in [6.07, 6.45) is -0.683. The second-order valence-corrected chi connectivity index (χ2v) is 9.57. The Kier molecular flexibility index (Phi) is 6.41. The number of rotatable bonds is 4. The number of cyclic esters (lactones) is 1. The monoisotopic (exact) mass is 482 g/mol. The first-order valence-electron chi connectivity index (χ1n) is 10.6. The van der Waals surface area contributed by atoms with Crippen LogP contribution in [0.1, 0.15) is 41.2 Å². The number of hydrogen-bond donors (Lipinski definition) is 2. The number of nitrogens with zero attached hydrogens (tertiary/aromatic N) is 1. The lowest BCUT2D eigenvalue weighted by Gasteiger charge is -2.27. The van der Waals surface area contributed by atoms with Gasteiger partial charge in [0.05, 0.1) is 11.4 Å². The first kappa shape index (κ1) is 23.5. The highest BCUT2D eigenvalue weighted by atomic mass is 32.2. The van der Waals surface area contributed by atoms with Gasteiger partial charge in [-0.1, -0.05) is 41.7 Å². The van der Waals surface area contributed by atoms with E-state index in [9.17, 15) is 27.4 Å². The molecule has 0 bridgehead atoms. The predicted molar refractivity (Wildman–Crippen MR) is 120 cm³/mol. The fourth-order valence-electron chi connectivity index (χ4n) is 4.04. The Hall–Kier alpha value is -3.68. The Balaban J connectivity index is 1.49. The van der Waals surface area contributed by atoms with E-state index >= 15 is 0 Å². The molecule has 2 heterocycles. The fraction of sp³-hybridized carbons (Fsp3) is 0.292. The molecule has 0 spiro atoms. The van der Waals surface area contributed by atoms with Gasteiger partial charge in [0.15, 0.2) is 0 Å². The molecule has 2 aliphatic heterocycles. The molecule has 2 aromatic rings. The van der Waals surface area contributed by atoms with Crippen molar-refractivity contribution in [2.75, 3.05) is 6.54 Å². The molecule has 10 heteroatoms. The molecule has 2 saturated heterocycles. The van der Waals surface area contributed by atoms with Gasteiger partial charge in [-0.25, -0.2) is 4.79 Å². The number of nitrogens with one attached hydrogen (secondary N) is 1. The molecule has 176 valence electrons. The topological polar surface area (TPSA) is 130 Å². The minimum Gasteiger partial charge on any atom is -0.439 e. The van der Waals surface area contributed by atoms with E-state index in [0.29, 0.717) is 16.7 Å². The Morgan fingerprint density at radius 3 is 2.71 bits per heavy atom. The molecule has 34 heavy (non-hydrogen) atoms. The largest absolute Gasteiger partial charge is 0.439 e. The Morgan fingerprint density at radius 2 is 1.97 bits per heavy atom. The third-order valence-corrected chi connectivity index (χ3v) is 6.64. The normalized spacial score (nSPS) is 20.4. The van der Waals surface area contributed by atoms with E-state index in [1.807, 2.05) is 6.92 Å². The Labute approximate surface area is 196 Å². The van der Waals surface area contributed by atoms with E-state index < -0.39 is 34.3 Å². The number of carbonyl (C=O) groups is 3. The molecule has 2 fully saturated rings. The summed E-state index contributed by atoms with van der Waals surface area (Å²) in [6, 6.07) is 11.0. The standard InChI is InChI=1S/C24H22N2O7S/c1-15-8-10-21(34(30,31)32)18(12-15)7-3-5-16-4-2-6-17(13-16)20-14-26(24(29)33-20)19-9-11-22(27)25-23(19)28/h2,4,6,8,10,12-13,19-20H,7,9,11,14H2,1H3,(H,25,27,28)(H,30,31,32)/t19?,20-/m1/s1. The van der Waals surface area contributed by atoms with Crippen LogP contribution in [0.2, 0.25) is 0 Å². The highest BCUT2D eigenvalue weighted by molar-refractivity contribution is 7.85. The number of aryl methyl sites for hydroxylation is 1. The van der Waals surface area contributed by atoms with Crippen LogP contribution in [0.4, 0.5) is 4.79 Å². The zero-order chi connectivity index (χ0) is 24.5. The van der Waals surface area contributed by atoms with Gasteiger partial charge in [0.1, 0.15) is 12.1 Å². The van der Waals surface area contributed by atoms with Crippen molar-refractivity contribution < 1.29 is 32.1 Å². The van der Waals surface area contributed by atoms with Gasteiger partial charge in [0.2, 0.25) is 11.8 Å². The lowest BCUT2D eigenvalue weighted by Crippen LogP contribution is -2.52. The van der Waals surface area contributed by atoms with Crippen molar-refractivity contribution in [3.05, 3.63) is 64.7 Å². The second kappa shape index (κ2) is 9.29. The van der Waals surface area contributed by atoms with Crippen molar-refractivity contribution in [2.24, 2.45) is 0 Å². The van der Waals surface area contributed by atoms with Crippen LogP contribution in [-0.4, -0.2) is 48.4 Å². The van der Waals surface area contributed by atoms with Gasteiger partial charge in [0.25, 0.3) is 10.1 Å². The first-order chi connectivity index (χ1) is 16.1. The van der Waals surface area contributed by atoms with Crippen LogP contribution >= 0.6 is 0 Å². The summed E-state index contributed by atoms with van der Waals surface area (Å²) in [5.41, 5.74) is 2.57. The quantitative estimate of drug-likeness (QED) is 0.388. The maximum atomic E-state index is 12.4. The molecule has 2 aromatic carbocycles. The minimum atomic E-state index is -4.36. The van der Waals surface area contributed by atoms with Gasteiger partial charge in [0, 0.05) is 18.4 Å². The molecule has 3 amide bonds. The van der Waals surface area contributed by atoms with Crippen molar-refractivity contribution in [3.63, 3.8) is 0 Å². The third-order valence-electron chi connectivity index (χ3n) is 5.69. The number of imide groups is 1. The van der Waals surface area contributed by atoms with Crippen LogP contribution in [0.15, 0.2) is 47.4 Å². The fourth-order valence-corrected chi connectivity index (χ4v) is 4.75. The lowest BCUT2D eigenvalue weighted by atomic mass is 10.0. The lowest BCUT2D eigenvalue weighted by molar-refractivity contribution is -0.136. The van der Waals surface area contributed by atoms with E-state index in [1.54, 1.807) is 36.4 Å². The van der Waals surface area contributed by atoms with Gasteiger partial charge in [-0.15, -0.1) is 0 Å². The summed E-state index contributed by atoms with van der Waals surface area (Å²) in [4.78, 5) is 37.0. The van der Waals surface area contributed by atoms with Gasteiger partial charge >= 0.3 is 6.09 Å². The van der Waals surface area contributed by atoms with Crippen molar-refractivity contribution in [2.45, 2.75) is 43.2 Å². The van der Waals surface area contributed by atoms with Crippen molar-refractivity contribution in [1.29, 1.82) is 0 Å². The van der Waals surface area contributed by atoms with Crippen LogP contribution < -0.4 is 5.32 Å². The molecule has 0 aromatic heterocycles. The zero-order valence-electron chi connectivity index (χ0n) is 18.3. The summed E-state index contributed by atoms with van der Waals surface area (Å²) < 4.78 is 38.1. The molecular weight excluding hydrogens is 460 g/mol. The van der Waals surface area contributed by atoms with Gasteiger partial charge in [-0.2, -0.15) is 8.42 Å².